The topological polar surface area (TPSA) is 59.0 Å². The van der Waals surface area contributed by atoms with Crippen LogP contribution in [0.4, 0.5) is 5.69 Å². The van der Waals surface area contributed by atoms with Crippen molar-refractivity contribution in [3.63, 3.8) is 0 Å². The van der Waals surface area contributed by atoms with Crippen LogP contribution in [0.2, 0.25) is 0 Å². The molecule has 2 rings (SSSR count). The maximum atomic E-state index is 9.11. The molecular weight excluding hydrogens is 236 g/mol. The van der Waals surface area contributed by atoms with Gasteiger partial charge in [0.05, 0.1) is 5.56 Å². The summed E-state index contributed by atoms with van der Waals surface area (Å²) < 4.78 is 5.87. The van der Waals surface area contributed by atoms with Crippen LogP contribution in [0.25, 0.3) is 0 Å². The number of nitrogens with two attached hydrogens (primary N) is 1. The quantitative estimate of drug-likeness (QED) is 0.826. The molecule has 3 nitrogen and oxygen atoms in total. The zero-order chi connectivity index (χ0) is 14.0. The number of aryl methyl sites for hydroxylation is 3. The van der Waals surface area contributed by atoms with Crippen molar-refractivity contribution in [2.24, 2.45) is 0 Å². The van der Waals surface area contributed by atoms with E-state index in [0.29, 0.717) is 11.3 Å². The van der Waals surface area contributed by atoms with E-state index in [1.807, 2.05) is 45.0 Å². The predicted octanol–water partition coefficient (Wildman–Crippen LogP) is 3.86. The minimum atomic E-state index is 0.527. The number of nitriles is 1. The lowest BCUT2D eigenvalue weighted by Gasteiger charge is -2.12. The number of ether oxygens (including phenoxy) is 1. The molecule has 0 heterocycles. The SMILES string of the molecule is Cc1ccc(C#N)c(Oc2cc(C)c(N)cc2C)c1. The molecule has 19 heavy (non-hydrogen) atoms. The van der Waals surface area contributed by atoms with Crippen molar-refractivity contribution in [2.45, 2.75) is 20.8 Å². The van der Waals surface area contributed by atoms with Crippen LogP contribution in [-0.4, -0.2) is 0 Å². The van der Waals surface area contributed by atoms with E-state index < -0.39 is 0 Å². The molecule has 0 radical (unpaired) electrons. The zero-order valence-corrected chi connectivity index (χ0v) is 11.3. The number of nitrogens with zero attached hydrogens (tertiary/aromatic N) is 1. The van der Waals surface area contributed by atoms with E-state index in [-0.39, 0.29) is 0 Å². The van der Waals surface area contributed by atoms with Crippen LogP contribution in [0.1, 0.15) is 22.3 Å². The molecule has 0 saturated carbocycles. The summed E-state index contributed by atoms with van der Waals surface area (Å²) in [6.45, 7) is 5.84. The van der Waals surface area contributed by atoms with E-state index in [4.69, 9.17) is 15.7 Å². The van der Waals surface area contributed by atoms with Crippen LogP contribution in [-0.2, 0) is 0 Å². The molecule has 0 aromatic heterocycles. The van der Waals surface area contributed by atoms with E-state index in [2.05, 4.69) is 6.07 Å². The zero-order valence-electron chi connectivity index (χ0n) is 11.3. The van der Waals surface area contributed by atoms with Crippen LogP contribution in [0.3, 0.4) is 0 Å². The third kappa shape index (κ3) is 2.69. The lowest BCUT2D eigenvalue weighted by atomic mass is 10.1. The minimum absolute atomic E-state index is 0.527. The molecule has 0 bridgehead atoms. The molecule has 0 saturated heterocycles. The van der Waals surface area contributed by atoms with E-state index in [1.165, 1.54) is 0 Å². The van der Waals surface area contributed by atoms with Gasteiger partial charge >= 0.3 is 0 Å². The van der Waals surface area contributed by atoms with Gasteiger partial charge in [-0.3, -0.25) is 0 Å². The van der Waals surface area contributed by atoms with Gasteiger partial charge in [0.25, 0.3) is 0 Å². The van der Waals surface area contributed by atoms with E-state index in [1.54, 1.807) is 6.07 Å². The highest BCUT2D eigenvalue weighted by Gasteiger charge is 2.08. The van der Waals surface area contributed by atoms with Crippen molar-refractivity contribution < 1.29 is 4.74 Å². The van der Waals surface area contributed by atoms with Crippen molar-refractivity contribution in [1.29, 1.82) is 5.26 Å². The van der Waals surface area contributed by atoms with Gasteiger partial charge in [-0.25, -0.2) is 0 Å². The highest BCUT2D eigenvalue weighted by atomic mass is 16.5. The largest absolute Gasteiger partial charge is 0.456 e. The second-order valence-corrected chi connectivity index (χ2v) is 4.69. The van der Waals surface area contributed by atoms with Gasteiger partial charge in [0.15, 0.2) is 0 Å². The molecule has 96 valence electrons. The fourth-order valence-corrected chi connectivity index (χ4v) is 1.85. The average Bonchev–Trinajstić information content (AvgIpc) is 2.36. The first-order chi connectivity index (χ1) is 9.01. The monoisotopic (exact) mass is 252 g/mol. The molecule has 0 aliphatic carbocycles. The van der Waals surface area contributed by atoms with Crippen LogP contribution < -0.4 is 10.5 Å². The molecule has 0 unspecified atom stereocenters. The minimum Gasteiger partial charge on any atom is -0.456 e. The fraction of sp³-hybridized carbons (Fsp3) is 0.188. The number of benzene rings is 2. The molecule has 2 N–H and O–H groups in total. The van der Waals surface area contributed by atoms with Gasteiger partial charge < -0.3 is 10.5 Å². The third-order valence-corrected chi connectivity index (χ3v) is 3.04. The van der Waals surface area contributed by atoms with Crippen LogP contribution >= 0.6 is 0 Å². The third-order valence-electron chi connectivity index (χ3n) is 3.04. The molecule has 0 aliphatic rings. The summed E-state index contributed by atoms with van der Waals surface area (Å²) in [5.41, 5.74) is 10.1. The van der Waals surface area contributed by atoms with Crippen LogP contribution in [0.15, 0.2) is 30.3 Å². The predicted molar refractivity (Wildman–Crippen MR) is 76.3 cm³/mol. The standard InChI is InChI=1S/C16H16N2O/c1-10-4-5-13(9-17)16(6-10)19-15-8-11(2)14(18)7-12(15)3/h4-8H,18H2,1-3H3. The van der Waals surface area contributed by atoms with Gasteiger partial charge in [-0.1, -0.05) is 6.07 Å². The normalized spacial score (nSPS) is 10.0. The molecular formula is C16H16N2O. The van der Waals surface area contributed by atoms with E-state index in [9.17, 15) is 0 Å². The molecule has 2 aromatic rings. The Morgan fingerprint density at radius 2 is 1.74 bits per heavy atom. The van der Waals surface area contributed by atoms with Gasteiger partial charge in [-0.05, 0) is 61.7 Å². The molecule has 0 spiro atoms. The lowest BCUT2D eigenvalue weighted by molar-refractivity contribution is 0.476. The second-order valence-electron chi connectivity index (χ2n) is 4.69. The fourth-order valence-electron chi connectivity index (χ4n) is 1.85. The summed E-state index contributed by atoms with van der Waals surface area (Å²) in [6.07, 6.45) is 0. The van der Waals surface area contributed by atoms with Gasteiger partial charge in [0, 0.05) is 5.69 Å². The van der Waals surface area contributed by atoms with Crippen LogP contribution in [0, 0.1) is 32.1 Å². The maximum absolute atomic E-state index is 9.11. The Balaban J connectivity index is 2.45. The first-order valence-electron chi connectivity index (χ1n) is 6.06. The van der Waals surface area contributed by atoms with Crippen molar-refractivity contribution in [3.8, 4) is 17.6 Å². The highest BCUT2D eigenvalue weighted by molar-refractivity contribution is 5.55. The first kappa shape index (κ1) is 13.0. The Hall–Kier alpha value is -2.47. The van der Waals surface area contributed by atoms with Crippen molar-refractivity contribution >= 4 is 5.69 Å². The van der Waals surface area contributed by atoms with Crippen molar-refractivity contribution in [1.82, 2.24) is 0 Å². The smallest absolute Gasteiger partial charge is 0.145 e. The summed E-state index contributed by atoms with van der Waals surface area (Å²) in [5, 5.41) is 9.11. The summed E-state index contributed by atoms with van der Waals surface area (Å²) in [6, 6.07) is 11.4. The molecule has 0 aliphatic heterocycles. The summed E-state index contributed by atoms with van der Waals surface area (Å²) in [7, 11) is 0. The number of hydrogen-bond donors (Lipinski definition) is 1. The van der Waals surface area contributed by atoms with Crippen LogP contribution in [0.5, 0.6) is 11.5 Å². The Labute approximate surface area is 113 Å². The Morgan fingerprint density at radius 1 is 1.00 bits per heavy atom. The molecule has 3 heteroatoms. The Kier molecular flexibility index (Phi) is 3.43. The van der Waals surface area contributed by atoms with Crippen molar-refractivity contribution in [3.05, 3.63) is 52.6 Å². The number of nitrogen functional groups attached to an aromatic ring is 1. The number of hydrogen-bond acceptors (Lipinski definition) is 3. The average molecular weight is 252 g/mol. The Bertz CT molecular complexity index is 669. The van der Waals surface area contributed by atoms with Crippen molar-refractivity contribution in [2.75, 3.05) is 5.73 Å². The van der Waals surface area contributed by atoms with Gasteiger partial charge in [-0.15, -0.1) is 0 Å². The number of rotatable bonds is 2. The Morgan fingerprint density at radius 3 is 2.42 bits per heavy atom. The van der Waals surface area contributed by atoms with Gasteiger partial charge in [0.2, 0.25) is 0 Å². The molecule has 0 atom stereocenters. The van der Waals surface area contributed by atoms with Gasteiger partial charge in [0.1, 0.15) is 17.6 Å². The van der Waals surface area contributed by atoms with Gasteiger partial charge in [-0.2, -0.15) is 5.26 Å². The molecule has 0 fully saturated rings. The maximum Gasteiger partial charge on any atom is 0.145 e. The second kappa shape index (κ2) is 5.03. The molecule has 0 amide bonds. The summed E-state index contributed by atoms with van der Waals surface area (Å²) >= 11 is 0. The van der Waals surface area contributed by atoms with E-state index >= 15 is 0 Å². The highest BCUT2D eigenvalue weighted by Crippen LogP contribution is 2.31. The summed E-state index contributed by atoms with van der Waals surface area (Å²) in [4.78, 5) is 0. The lowest BCUT2D eigenvalue weighted by Crippen LogP contribution is -1.95. The first-order valence-corrected chi connectivity index (χ1v) is 6.06. The summed E-state index contributed by atoms with van der Waals surface area (Å²) in [5.74, 6) is 1.31. The van der Waals surface area contributed by atoms with E-state index in [0.717, 1.165) is 28.1 Å². The number of anilines is 1. The molecule has 2 aromatic carbocycles.